The Morgan fingerprint density at radius 2 is 1.50 bits per heavy atom. The lowest BCUT2D eigenvalue weighted by molar-refractivity contribution is -0.794. The molecule has 0 aliphatic heterocycles. The van der Waals surface area contributed by atoms with Crippen LogP contribution in [-0.2, 0) is 5.60 Å². The summed E-state index contributed by atoms with van der Waals surface area (Å²) < 4.78 is 57.3. The van der Waals surface area contributed by atoms with Crippen molar-refractivity contribution >= 4 is 15.9 Å². The zero-order valence-electron chi connectivity index (χ0n) is 13.6. The van der Waals surface area contributed by atoms with E-state index in [0.29, 0.717) is 4.47 Å². The molecule has 26 heavy (non-hydrogen) atoms. The maximum atomic E-state index is 14.3. The van der Waals surface area contributed by atoms with E-state index >= 15 is 0 Å². The number of halogens is 7. The first-order chi connectivity index (χ1) is 11.4. The molecular formula is C17H15BrClF4IO2. The molecule has 0 heterocycles. The van der Waals surface area contributed by atoms with Crippen LogP contribution in [0.3, 0.4) is 0 Å². The second-order valence-electron chi connectivity index (χ2n) is 5.70. The largest absolute Gasteiger partial charge is 1.00 e. The van der Waals surface area contributed by atoms with Gasteiger partial charge in [0.1, 0.15) is 5.75 Å². The van der Waals surface area contributed by atoms with Crippen molar-refractivity contribution in [3.63, 3.8) is 0 Å². The van der Waals surface area contributed by atoms with Crippen molar-refractivity contribution in [3.05, 3.63) is 62.1 Å². The van der Waals surface area contributed by atoms with Crippen LogP contribution in [-0.4, -0.2) is 15.1 Å². The molecule has 2 nitrogen and oxygen atoms in total. The van der Waals surface area contributed by atoms with Gasteiger partial charge in [-0.3, -0.25) is 0 Å². The smallest absolute Gasteiger partial charge is 0.551 e. The maximum Gasteiger partial charge on any atom is 0.551 e. The van der Waals surface area contributed by atoms with Crippen LogP contribution in [0.25, 0.3) is 0 Å². The molecule has 0 amide bonds. The average molecular weight is 570 g/mol. The second-order valence-corrected chi connectivity index (χ2v) is 9.68. The third kappa shape index (κ3) is 5.71. The van der Waals surface area contributed by atoms with Crippen LogP contribution in [0.15, 0.2) is 53.0 Å². The highest BCUT2D eigenvalue weighted by Gasteiger charge is 2.72. The summed E-state index contributed by atoms with van der Waals surface area (Å²) in [6.45, 7) is 2.84. The van der Waals surface area contributed by atoms with Gasteiger partial charge in [-0.25, -0.2) is 0 Å². The Bertz CT molecular complexity index is 736. The standard InChI is InChI=1S/C17H15BrF4IO2.ClH/c1-15(2,24)13-5-3-4-6-14(13)23-16(19,20)17(21,22)25-12-9-7-11(18)8-10-12;/h3-10,24H,1-2H3;1H/q+1;/p-1. The van der Waals surface area contributed by atoms with Gasteiger partial charge in [-0.15, -0.1) is 8.78 Å². The average Bonchev–Trinajstić information content (AvgIpc) is 2.48. The van der Waals surface area contributed by atoms with Crippen LogP contribution in [0, 0.1) is 3.57 Å². The molecule has 1 N–H and O–H groups in total. The fraction of sp³-hybridized carbons (Fsp3) is 0.294. The van der Waals surface area contributed by atoms with Gasteiger partial charge in [0.2, 0.25) is 3.57 Å². The van der Waals surface area contributed by atoms with E-state index in [1.807, 2.05) is 0 Å². The van der Waals surface area contributed by atoms with Crippen LogP contribution < -0.4 is 38.3 Å². The van der Waals surface area contributed by atoms with Gasteiger partial charge < -0.3 is 22.3 Å². The van der Waals surface area contributed by atoms with E-state index in [-0.39, 0.29) is 27.3 Å². The van der Waals surface area contributed by atoms with Gasteiger partial charge in [0.25, 0.3) is 0 Å². The molecule has 0 aliphatic rings. The number of aliphatic hydroxyl groups is 1. The predicted octanol–water partition coefficient (Wildman–Crippen LogP) is -0.796. The van der Waals surface area contributed by atoms with E-state index in [1.54, 1.807) is 6.07 Å². The van der Waals surface area contributed by atoms with Gasteiger partial charge in [-0.05, 0) is 44.2 Å². The monoisotopic (exact) mass is 568 g/mol. The number of alkyl halides is 5. The molecule has 2 aromatic carbocycles. The first-order valence-electron chi connectivity index (χ1n) is 7.10. The van der Waals surface area contributed by atoms with Gasteiger partial charge in [-0.2, -0.15) is 8.78 Å². The Morgan fingerprint density at radius 3 is 2.04 bits per heavy atom. The van der Waals surface area contributed by atoms with Crippen LogP contribution in [0.1, 0.15) is 19.4 Å². The first-order valence-corrected chi connectivity index (χ1v) is 10.1. The molecule has 0 spiro atoms. The number of hydrogen-bond donors (Lipinski definition) is 1. The SMILES string of the molecule is CC(C)(O)c1ccccc1[I+]C(F)(F)C(F)(F)Oc1ccc(Br)cc1.[Cl-]. The topological polar surface area (TPSA) is 29.5 Å². The van der Waals surface area contributed by atoms with E-state index in [2.05, 4.69) is 20.7 Å². The van der Waals surface area contributed by atoms with Gasteiger partial charge >= 0.3 is 31.2 Å². The number of rotatable bonds is 6. The predicted molar refractivity (Wildman–Crippen MR) is 85.0 cm³/mol. The van der Waals surface area contributed by atoms with Crippen molar-refractivity contribution in [2.45, 2.75) is 29.5 Å². The maximum absolute atomic E-state index is 14.3. The molecule has 0 unspecified atom stereocenters. The normalized spacial score (nSPS) is 12.5. The Labute approximate surface area is 173 Å². The summed E-state index contributed by atoms with van der Waals surface area (Å²) in [5, 5.41) is 10.1. The lowest BCUT2D eigenvalue weighted by atomic mass is 9.99. The Hall–Kier alpha value is -0.580. The van der Waals surface area contributed by atoms with Crippen LogP contribution in [0.2, 0.25) is 0 Å². The molecule has 0 aliphatic carbocycles. The van der Waals surface area contributed by atoms with Crippen molar-refractivity contribution in [1.82, 2.24) is 0 Å². The molecular weight excluding hydrogens is 554 g/mol. The molecule has 9 heteroatoms. The van der Waals surface area contributed by atoms with Crippen LogP contribution >= 0.6 is 15.9 Å². The van der Waals surface area contributed by atoms with Gasteiger partial charge in [0.15, 0.2) is 0 Å². The fourth-order valence-corrected chi connectivity index (χ4v) is 4.87. The third-order valence-corrected chi connectivity index (χ3v) is 6.50. The summed E-state index contributed by atoms with van der Waals surface area (Å²) in [7, 11) is 0. The van der Waals surface area contributed by atoms with Crippen molar-refractivity contribution in [1.29, 1.82) is 0 Å². The number of hydrogen-bond acceptors (Lipinski definition) is 2. The molecule has 0 fully saturated rings. The minimum absolute atomic E-state index is 0. The highest BCUT2D eigenvalue weighted by Crippen LogP contribution is 2.31. The van der Waals surface area contributed by atoms with E-state index in [9.17, 15) is 22.7 Å². The zero-order valence-corrected chi connectivity index (χ0v) is 18.1. The summed E-state index contributed by atoms with van der Waals surface area (Å²) in [5.74, 6) is -0.354. The van der Waals surface area contributed by atoms with E-state index in [0.717, 1.165) is 0 Å². The minimum Gasteiger partial charge on any atom is -1.00 e. The van der Waals surface area contributed by atoms with Crippen molar-refractivity contribution in [2.24, 2.45) is 0 Å². The quantitative estimate of drug-likeness (QED) is 0.281. The van der Waals surface area contributed by atoms with Gasteiger partial charge in [-0.1, -0.05) is 34.1 Å². The highest BCUT2D eigenvalue weighted by molar-refractivity contribution is 9.10. The van der Waals surface area contributed by atoms with E-state index in [4.69, 9.17) is 0 Å². The van der Waals surface area contributed by atoms with E-state index in [1.165, 1.54) is 56.3 Å². The fourth-order valence-electron chi connectivity index (χ4n) is 1.93. The van der Waals surface area contributed by atoms with Gasteiger partial charge in [0.05, 0.1) is 5.60 Å². The Balaban J connectivity index is 0.00000338. The molecule has 0 saturated heterocycles. The molecule has 0 bridgehead atoms. The molecule has 0 atom stereocenters. The first kappa shape index (κ1) is 23.5. The van der Waals surface area contributed by atoms with Crippen molar-refractivity contribution in [2.75, 3.05) is 0 Å². The third-order valence-electron chi connectivity index (χ3n) is 3.14. The van der Waals surface area contributed by atoms with Crippen LogP contribution in [0.4, 0.5) is 17.6 Å². The summed E-state index contributed by atoms with van der Waals surface area (Å²) >= 11 is 0.647. The summed E-state index contributed by atoms with van der Waals surface area (Å²) in [4.78, 5) is 0. The highest BCUT2D eigenvalue weighted by atomic mass is 127. The summed E-state index contributed by atoms with van der Waals surface area (Å²) in [5.41, 5.74) is -1.20. The molecule has 0 radical (unpaired) electrons. The molecule has 2 aromatic rings. The van der Waals surface area contributed by atoms with Gasteiger partial charge in [0, 0.05) is 10.0 Å². The molecule has 2 rings (SSSR count). The van der Waals surface area contributed by atoms with Crippen LogP contribution in [0.5, 0.6) is 5.75 Å². The zero-order chi connectivity index (χ0) is 18.9. The number of benzene rings is 2. The molecule has 0 saturated carbocycles. The lowest BCUT2D eigenvalue weighted by Gasteiger charge is -2.20. The molecule has 0 aromatic heterocycles. The number of ether oxygens (including phenoxy) is 1. The van der Waals surface area contributed by atoms with E-state index < -0.39 is 36.8 Å². The summed E-state index contributed by atoms with van der Waals surface area (Å²) in [6, 6.07) is 11.0. The summed E-state index contributed by atoms with van der Waals surface area (Å²) in [6.07, 6.45) is -4.67. The Kier molecular flexibility index (Phi) is 7.78. The lowest BCUT2D eigenvalue weighted by Crippen LogP contribution is -3.68. The van der Waals surface area contributed by atoms with Crippen molar-refractivity contribution < 1.29 is 61.0 Å². The Morgan fingerprint density at radius 1 is 0.962 bits per heavy atom. The van der Waals surface area contributed by atoms with Crippen molar-refractivity contribution in [3.8, 4) is 5.75 Å². The molecule has 144 valence electrons. The minimum atomic E-state index is -4.67. The second kappa shape index (κ2) is 8.62.